The van der Waals surface area contributed by atoms with Crippen molar-refractivity contribution in [2.24, 2.45) is 5.73 Å². The second-order valence-corrected chi connectivity index (χ2v) is 8.18. The van der Waals surface area contributed by atoms with Crippen molar-refractivity contribution in [1.82, 2.24) is 4.31 Å². The SMILES string of the molecule is NCc1cc(Br)cc(S(=O)(=O)N2CC3CCC(C2)O3)c1F. The van der Waals surface area contributed by atoms with Crippen LogP contribution in [0.4, 0.5) is 4.39 Å². The molecule has 0 aliphatic carbocycles. The summed E-state index contributed by atoms with van der Waals surface area (Å²) in [6, 6.07) is 2.79. The van der Waals surface area contributed by atoms with Crippen LogP contribution in [0.25, 0.3) is 0 Å². The highest BCUT2D eigenvalue weighted by Gasteiger charge is 2.40. The minimum absolute atomic E-state index is 0.0534. The first-order valence-corrected chi connectivity index (χ1v) is 8.98. The first-order chi connectivity index (χ1) is 9.91. The van der Waals surface area contributed by atoms with Crippen molar-refractivity contribution in [2.75, 3.05) is 13.1 Å². The average molecular weight is 379 g/mol. The molecule has 21 heavy (non-hydrogen) atoms. The summed E-state index contributed by atoms with van der Waals surface area (Å²) in [4.78, 5) is -0.321. The molecule has 5 nitrogen and oxygen atoms in total. The maximum Gasteiger partial charge on any atom is 0.246 e. The summed E-state index contributed by atoms with van der Waals surface area (Å²) in [5.74, 6) is -0.764. The summed E-state index contributed by atoms with van der Waals surface area (Å²) in [7, 11) is -3.88. The molecule has 2 aliphatic heterocycles. The molecule has 2 heterocycles. The lowest BCUT2D eigenvalue weighted by Gasteiger charge is -2.31. The summed E-state index contributed by atoms with van der Waals surface area (Å²) in [6.45, 7) is 0.508. The van der Waals surface area contributed by atoms with Gasteiger partial charge in [0.1, 0.15) is 10.7 Å². The number of morpholine rings is 1. The van der Waals surface area contributed by atoms with Gasteiger partial charge in [0.15, 0.2) is 0 Å². The van der Waals surface area contributed by atoms with Crippen LogP contribution in [0, 0.1) is 5.82 Å². The predicted octanol–water partition coefficient (Wildman–Crippen LogP) is 1.60. The molecule has 2 fully saturated rings. The Bertz CT molecular complexity index is 656. The van der Waals surface area contributed by atoms with E-state index < -0.39 is 15.8 Å². The van der Waals surface area contributed by atoms with Crippen molar-refractivity contribution in [2.45, 2.75) is 36.5 Å². The molecule has 2 N–H and O–H groups in total. The van der Waals surface area contributed by atoms with Gasteiger partial charge >= 0.3 is 0 Å². The van der Waals surface area contributed by atoms with E-state index in [2.05, 4.69) is 15.9 Å². The standard InChI is InChI=1S/C13H16BrFN2O3S/c14-9-3-8(5-16)13(15)12(4-9)21(18,19)17-6-10-1-2-11(7-17)20-10/h3-4,10-11H,1-2,5-7,16H2. The van der Waals surface area contributed by atoms with E-state index in [1.807, 2.05) is 0 Å². The van der Waals surface area contributed by atoms with E-state index in [4.69, 9.17) is 10.5 Å². The minimum Gasteiger partial charge on any atom is -0.372 e. The Kier molecular flexibility index (Phi) is 4.08. The maximum absolute atomic E-state index is 14.4. The van der Waals surface area contributed by atoms with Gasteiger partial charge in [-0.2, -0.15) is 4.31 Å². The van der Waals surface area contributed by atoms with E-state index in [9.17, 15) is 12.8 Å². The van der Waals surface area contributed by atoms with Gasteiger partial charge in [0.05, 0.1) is 12.2 Å². The van der Waals surface area contributed by atoms with Crippen LogP contribution in [0.15, 0.2) is 21.5 Å². The maximum atomic E-state index is 14.4. The van der Waals surface area contributed by atoms with Gasteiger partial charge < -0.3 is 10.5 Å². The average Bonchev–Trinajstić information content (AvgIpc) is 2.79. The number of nitrogens with two attached hydrogens (primary N) is 1. The fourth-order valence-electron chi connectivity index (χ4n) is 2.87. The van der Waals surface area contributed by atoms with Gasteiger partial charge in [-0.1, -0.05) is 15.9 Å². The van der Waals surface area contributed by atoms with Crippen molar-refractivity contribution < 1.29 is 17.5 Å². The van der Waals surface area contributed by atoms with E-state index in [0.29, 0.717) is 4.47 Å². The van der Waals surface area contributed by atoms with Crippen LogP contribution in [0.3, 0.4) is 0 Å². The minimum atomic E-state index is -3.88. The number of fused-ring (bicyclic) bond motifs is 2. The van der Waals surface area contributed by atoms with Crippen LogP contribution in [0.1, 0.15) is 18.4 Å². The molecule has 8 heteroatoms. The highest BCUT2D eigenvalue weighted by Crippen LogP contribution is 2.32. The van der Waals surface area contributed by atoms with Gasteiger partial charge in [-0.25, -0.2) is 12.8 Å². The topological polar surface area (TPSA) is 72.6 Å². The summed E-state index contributed by atoms with van der Waals surface area (Å²) in [5.41, 5.74) is 5.65. The fourth-order valence-corrected chi connectivity index (χ4v) is 5.16. The van der Waals surface area contributed by atoms with Gasteiger partial charge in [-0.15, -0.1) is 0 Å². The fraction of sp³-hybridized carbons (Fsp3) is 0.538. The van der Waals surface area contributed by atoms with Crippen molar-refractivity contribution in [3.8, 4) is 0 Å². The van der Waals surface area contributed by atoms with Crippen molar-refractivity contribution in [3.63, 3.8) is 0 Å². The van der Waals surface area contributed by atoms with Crippen LogP contribution in [0.5, 0.6) is 0 Å². The zero-order valence-electron chi connectivity index (χ0n) is 11.3. The normalized spacial score (nSPS) is 26.2. The first kappa shape index (κ1) is 15.4. The molecular weight excluding hydrogens is 363 g/mol. The molecular formula is C13H16BrFN2O3S. The molecule has 0 amide bonds. The Morgan fingerprint density at radius 1 is 1.33 bits per heavy atom. The second-order valence-electron chi connectivity index (χ2n) is 5.36. The van der Waals surface area contributed by atoms with E-state index >= 15 is 0 Å². The number of ether oxygens (including phenoxy) is 1. The number of nitrogens with zero attached hydrogens (tertiary/aromatic N) is 1. The molecule has 0 saturated carbocycles. The van der Waals surface area contributed by atoms with Gasteiger partial charge in [0.2, 0.25) is 10.0 Å². The molecule has 0 radical (unpaired) electrons. The first-order valence-electron chi connectivity index (χ1n) is 6.75. The Morgan fingerprint density at radius 2 is 1.95 bits per heavy atom. The summed E-state index contributed by atoms with van der Waals surface area (Å²) in [6.07, 6.45) is 1.54. The molecule has 2 bridgehead atoms. The summed E-state index contributed by atoms with van der Waals surface area (Å²) < 4.78 is 47.3. The lowest BCUT2D eigenvalue weighted by Crippen LogP contribution is -2.45. The Labute approximate surface area is 131 Å². The number of benzene rings is 1. The van der Waals surface area contributed by atoms with Crippen LogP contribution in [0.2, 0.25) is 0 Å². The number of hydrogen-bond acceptors (Lipinski definition) is 4. The summed E-state index contributed by atoms with van der Waals surface area (Å²) in [5, 5.41) is 0. The van der Waals surface area contributed by atoms with E-state index in [0.717, 1.165) is 12.8 Å². The highest BCUT2D eigenvalue weighted by atomic mass is 79.9. The lowest BCUT2D eigenvalue weighted by molar-refractivity contribution is -0.0115. The molecule has 3 rings (SSSR count). The summed E-state index contributed by atoms with van der Waals surface area (Å²) >= 11 is 3.21. The van der Waals surface area contributed by atoms with Gasteiger partial charge in [-0.3, -0.25) is 0 Å². The number of hydrogen-bond donors (Lipinski definition) is 1. The van der Waals surface area contributed by atoms with E-state index in [1.54, 1.807) is 0 Å². The van der Waals surface area contributed by atoms with Crippen LogP contribution in [-0.4, -0.2) is 38.0 Å². The monoisotopic (exact) mass is 378 g/mol. The molecule has 2 unspecified atom stereocenters. The highest BCUT2D eigenvalue weighted by molar-refractivity contribution is 9.10. The van der Waals surface area contributed by atoms with E-state index in [-0.39, 0.29) is 42.3 Å². The molecule has 1 aromatic rings. The third-order valence-corrected chi connectivity index (χ3v) is 6.22. The predicted molar refractivity (Wildman–Crippen MR) is 78.6 cm³/mol. The molecule has 2 atom stereocenters. The van der Waals surface area contributed by atoms with Gasteiger partial charge in [-0.05, 0) is 25.0 Å². The quantitative estimate of drug-likeness (QED) is 0.866. The van der Waals surface area contributed by atoms with Crippen molar-refractivity contribution in [1.29, 1.82) is 0 Å². The van der Waals surface area contributed by atoms with Crippen LogP contribution < -0.4 is 5.73 Å². The molecule has 0 spiro atoms. The van der Waals surface area contributed by atoms with Crippen molar-refractivity contribution >= 4 is 26.0 Å². The molecule has 0 aromatic heterocycles. The van der Waals surface area contributed by atoms with Crippen molar-refractivity contribution in [3.05, 3.63) is 28.0 Å². The Balaban J connectivity index is 2.00. The Hall–Kier alpha value is -0.540. The number of halogens is 2. The molecule has 2 aliphatic rings. The van der Waals surface area contributed by atoms with Crippen LogP contribution >= 0.6 is 15.9 Å². The second kappa shape index (κ2) is 5.58. The molecule has 116 valence electrons. The zero-order valence-corrected chi connectivity index (χ0v) is 13.7. The lowest BCUT2D eigenvalue weighted by atomic mass is 10.2. The van der Waals surface area contributed by atoms with Gasteiger partial charge in [0.25, 0.3) is 0 Å². The number of sulfonamides is 1. The van der Waals surface area contributed by atoms with Gasteiger partial charge in [0, 0.05) is 29.7 Å². The third-order valence-electron chi connectivity index (χ3n) is 3.93. The largest absolute Gasteiger partial charge is 0.372 e. The zero-order chi connectivity index (χ0) is 15.2. The Morgan fingerprint density at radius 3 is 2.52 bits per heavy atom. The van der Waals surface area contributed by atoms with E-state index in [1.165, 1.54) is 16.4 Å². The third kappa shape index (κ3) is 2.75. The van der Waals surface area contributed by atoms with Crippen LogP contribution in [-0.2, 0) is 21.3 Å². The smallest absolute Gasteiger partial charge is 0.246 e. The number of rotatable bonds is 3. The molecule has 1 aromatic carbocycles. The molecule has 2 saturated heterocycles.